The van der Waals surface area contributed by atoms with Gasteiger partial charge in [-0.25, -0.2) is 19.3 Å². The summed E-state index contributed by atoms with van der Waals surface area (Å²) in [7, 11) is 0. The minimum absolute atomic E-state index is 0.0298. The van der Waals surface area contributed by atoms with Crippen LogP contribution in [-0.2, 0) is 52.0 Å². The second-order valence-electron chi connectivity index (χ2n) is 14.1. The maximum absolute atomic E-state index is 14.3. The van der Waals surface area contributed by atoms with Gasteiger partial charge in [0, 0.05) is 6.54 Å². The van der Waals surface area contributed by atoms with Crippen molar-refractivity contribution in [1.29, 1.82) is 0 Å². The third-order valence-corrected chi connectivity index (χ3v) is 9.49. The van der Waals surface area contributed by atoms with Crippen molar-refractivity contribution in [2.24, 2.45) is 10.7 Å². The van der Waals surface area contributed by atoms with Crippen molar-refractivity contribution in [2.75, 3.05) is 6.54 Å². The van der Waals surface area contributed by atoms with Crippen LogP contribution < -0.4 is 20.5 Å². The number of ether oxygens (including phenoxy) is 5. The van der Waals surface area contributed by atoms with Gasteiger partial charge in [0.25, 0.3) is 5.91 Å². The minimum Gasteiger partial charge on any atom is -0.485 e. The molecule has 0 saturated heterocycles. The topological polar surface area (TPSA) is 168 Å². The molecule has 0 fully saturated rings. The number of carbonyl (C=O) groups is 4. The number of benzene rings is 6. The lowest BCUT2D eigenvalue weighted by Gasteiger charge is -2.23. The Morgan fingerprint density at radius 2 is 1.00 bits per heavy atom. The molecule has 0 aliphatic carbocycles. The molecule has 63 heavy (non-hydrogen) atoms. The molecular formula is C50H48N4O9. The van der Waals surface area contributed by atoms with Gasteiger partial charge in [-0.3, -0.25) is 4.79 Å². The Kier molecular flexibility index (Phi) is 16.8. The van der Waals surface area contributed by atoms with E-state index >= 15 is 0 Å². The van der Waals surface area contributed by atoms with Crippen molar-refractivity contribution < 1.29 is 42.9 Å². The average Bonchev–Trinajstić information content (AvgIpc) is 3.33. The zero-order valence-electron chi connectivity index (χ0n) is 34.5. The van der Waals surface area contributed by atoms with Gasteiger partial charge in [-0.15, -0.1) is 4.99 Å². The van der Waals surface area contributed by atoms with Crippen LogP contribution in [0.5, 0.6) is 11.5 Å². The Morgan fingerprint density at radius 1 is 0.540 bits per heavy atom. The van der Waals surface area contributed by atoms with E-state index < -0.39 is 36.1 Å². The van der Waals surface area contributed by atoms with E-state index in [0.29, 0.717) is 11.3 Å². The molecule has 6 aromatic rings. The summed E-state index contributed by atoms with van der Waals surface area (Å²) in [6, 6.07) is 49.9. The number of hydrogen-bond donors (Lipinski definition) is 2. The molecule has 6 aromatic carbocycles. The van der Waals surface area contributed by atoms with E-state index in [1.807, 2.05) is 103 Å². The maximum atomic E-state index is 14.3. The van der Waals surface area contributed by atoms with Crippen LogP contribution in [0, 0.1) is 0 Å². The predicted molar refractivity (Wildman–Crippen MR) is 236 cm³/mol. The van der Waals surface area contributed by atoms with Crippen LogP contribution in [0.1, 0.15) is 51.0 Å². The lowest BCUT2D eigenvalue weighted by atomic mass is 10.1. The molecule has 0 spiro atoms. The monoisotopic (exact) mass is 848 g/mol. The summed E-state index contributed by atoms with van der Waals surface area (Å²) < 4.78 is 29.0. The van der Waals surface area contributed by atoms with Gasteiger partial charge in [0.05, 0.1) is 5.56 Å². The number of nitrogens with zero attached hydrogens (tertiary/aromatic N) is 2. The van der Waals surface area contributed by atoms with Crippen molar-refractivity contribution in [3.05, 3.63) is 203 Å². The summed E-state index contributed by atoms with van der Waals surface area (Å²) in [5, 5.41) is 2.83. The van der Waals surface area contributed by atoms with Crippen molar-refractivity contribution in [1.82, 2.24) is 10.2 Å². The maximum Gasteiger partial charge on any atom is 0.437 e. The summed E-state index contributed by atoms with van der Waals surface area (Å²) in [6.45, 7) is -0.0278. The standard InChI is InChI=1S/C50H48N4O9/c51-48(53-49(57)62-35-40-24-12-4-13-25-40)54(50(58)63-36-41-26-14-5-15-27-41)31-17-29-43(47(56)61-34-39-22-10-3-11-23-39)52-46(55)42-28-16-30-44(59-32-37-18-6-1-7-19-37)45(42)60-33-38-20-8-2-9-21-38/h1-16,18-28,30,43H,17,29,31-36H2,(H,52,55)(H2,51,53,57)/t43-/m0/s1. The summed E-state index contributed by atoms with van der Waals surface area (Å²) in [5.74, 6) is -1.33. The number of esters is 1. The van der Waals surface area contributed by atoms with Crippen LogP contribution in [0.3, 0.4) is 0 Å². The number of rotatable bonds is 19. The first-order chi connectivity index (χ1) is 30.8. The number of amides is 3. The van der Waals surface area contributed by atoms with Crippen LogP contribution in [0.25, 0.3) is 0 Å². The second-order valence-corrected chi connectivity index (χ2v) is 14.1. The van der Waals surface area contributed by atoms with E-state index in [1.54, 1.807) is 66.7 Å². The van der Waals surface area contributed by atoms with Gasteiger partial charge < -0.3 is 34.7 Å². The number of para-hydroxylation sites is 1. The highest BCUT2D eigenvalue weighted by Crippen LogP contribution is 2.33. The largest absolute Gasteiger partial charge is 0.485 e. The first kappa shape index (κ1) is 44.6. The number of aliphatic imine (C=N–C) groups is 1. The number of hydrogen-bond acceptors (Lipinski definition) is 9. The molecule has 0 aromatic heterocycles. The highest BCUT2D eigenvalue weighted by molar-refractivity contribution is 6.00. The summed E-state index contributed by atoms with van der Waals surface area (Å²) in [5.41, 5.74) is 10.3. The van der Waals surface area contributed by atoms with Gasteiger partial charge >= 0.3 is 18.2 Å². The normalized spacial score (nSPS) is 11.4. The van der Waals surface area contributed by atoms with Crippen molar-refractivity contribution in [2.45, 2.75) is 51.9 Å². The molecular weight excluding hydrogens is 801 g/mol. The van der Waals surface area contributed by atoms with Crippen LogP contribution in [0.2, 0.25) is 0 Å². The fourth-order valence-corrected chi connectivity index (χ4v) is 6.19. The zero-order chi connectivity index (χ0) is 44.1. The second kappa shape index (κ2) is 23.8. The fourth-order valence-electron chi connectivity index (χ4n) is 6.19. The van der Waals surface area contributed by atoms with E-state index in [-0.39, 0.29) is 63.7 Å². The third-order valence-electron chi connectivity index (χ3n) is 9.49. The highest BCUT2D eigenvalue weighted by Gasteiger charge is 2.28. The van der Waals surface area contributed by atoms with E-state index in [1.165, 1.54) is 0 Å². The van der Waals surface area contributed by atoms with Crippen LogP contribution in [0.15, 0.2) is 175 Å². The molecule has 3 N–H and O–H groups in total. The number of nitrogens with two attached hydrogens (primary N) is 1. The molecule has 0 radical (unpaired) electrons. The molecule has 0 heterocycles. The average molecular weight is 849 g/mol. The first-order valence-electron chi connectivity index (χ1n) is 20.3. The fraction of sp³-hybridized carbons (Fsp3) is 0.180. The van der Waals surface area contributed by atoms with E-state index in [4.69, 9.17) is 29.4 Å². The van der Waals surface area contributed by atoms with Gasteiger partial charge in [0.15, 0.2) is 11.5 Å². The Labute approximate surface area is 366 Å². The highest BCUT2D eigenvalue weighted by atomic mass is 16.6. The molecule has 1 atom stereocenters. The van der Waals surface area contributed by atoms with E-state index in [9.17, 15) is 19.2 Å². The number of guanidine groups is 1. The van der Waals surface area contributed by atoms with Gasteiger partial charge in [0.1, 0.15) is 39.1 Å². The minimum atomic E-state index is -1.21. The SMILES string of the molecule is N/C(=N\C(=O)OCc1ccccc1)N(CCC[C@H](NC(=O)c1cccc(OCc2ccccc2)c1OCc1ccccc1)C(=O)OCc1ccccc1)C(=O)OCc1ccccc1. The lowest BCUT2D eigenvalue weighted by Crippen LogP contribution is -2.45. The molecule has 0 aliphatic rings. The molecule has 322 valence electrons. The van der Waals surface area contributed by atoms with Gasteiger partial charge in [-0.05, 0) is 52.8 Å². The molecule has 13 nitrogen and oxygen atoms in total. The number of carbonyl (C=O) groups excluding carboxylic acids is 4. The van der Waals surface area contributed by atoms with Crippen molar-refractivity contribution in [3.63, 3.8) is 0 Å². The molecule has 0 bridgehead atoms. The number of nitrogens with one attached hydrogen (secondary N) is 1. The van der Waals surface area contributed by atoms with E-state index in [2.05, 4.69) is 10.3 Å². The van der Waals surface area contributed by atoms with Crippen molar-refractivity contribution in [3.8, 4) is 11.5 Å². The Bertz CT molecular complexity index is 2400. The Hall–Kier alpha value is -7.93. The summed E-state index contributed by atoms with van der Waals surface area (Å²) in [4.78, 5) is 59.2. The molecule has 0 unspecified atom stereocenters. The lowest BCUT2D eigenvalue weighted by molar-refractivity contribution is -0.147. The van der Waals surface area contributed by atoms with Crippen LogP contribution in [0.4, 0.5) is 9.59 Å². The smallest absolute Gasteiger partial charge is 0.437 e. The van der Waals surface area contributed by atoms with Crippen molar-refractivity contribution >= 4 is 30.0 Å². The zero-order valence-corrected chi connectivity index (χ0v) is 34.5. The van der Waals surface area contributed by atoms with Gasteiger partial charge in [-0.2, -0.15) is 0 Å². The molecule has 3 amide bonds. The predicted octanol–water partition coefficient (Wildman–Crippen LogP) is 8.76. The molecule has 6 rings (SSSR count). The Morgan fingerprint density at radius 3 is 1.52 bits per heavy atom. The van der Waals surface area contributed by atoms with Crippen LogP contribution >= 0.6 is 0 Å². The summed E-state index contributed by atoms with van der Waals surface area (Å²) >= 11 is 0. The van der Waals surface area contributed by atoms with Crippen LogP contribution in [-0.4, -0.2) is 47.5 Å². The third kappa shape index (κ3) is 14.4. The molecule has 13 heteroatoms. The quantitative estimate of drug-likeness (QED) is 0.0348. The first-order valence-corrected chi connectivity index (χ1v) is 20.3. The molecule has 0 aliphatic heterocycles. The van der Waals surface area contributed by atoms with E-state index in [0.717, 1.165) is 27.2 Å². The Balaban J connectivity index is 1.21. The summed E-state index contributed by atoms with van der Waals surface area (Å²) in [6.07, 6.45) is -1.88. The molecule has 0 saturated carbocycles. The van der Waals surface area contributed by atoms with Gasteiger partial charge in [-0.1, -0.05) is 158 Å². The van der Waals surface area contributed by atoms with Gasteiger partial charge in [0.2, 0.25) is 5.96 Å².